The molecule has 0 fully saturated rings. The highest BCUT2D eigenvalue weighted by molar-refractivity contribution is 4.51. The Morgan fingerprint density at radius 2 is 1.80 bits per heavy atom. The molecule has 1 heteroatoms. The number of nitrogens with zero attached hydrogens (tertiary/aromatic N) is 1. The van der Waals surface area contributed by atoms with E-state index in [-0.39, 0.29) is 0 Å². The van der Waals surface area contributed by atoms with Crippen LogP contribution < -0.4 is 0 Å². The molecule has 0 saturated carbocycles. The van der Waals surface area contributed by atoms with Gasteiger partial charge in [-0.25, -0.2) is 0 Å². The van der Waals surface area contributed by atoms with Gasteiger partial charge in [0.05, 0.1) is 0 Å². The molecule has 28 valence electrons. The first kappa shape index (κ1) is 8.87. The van der Waals surface area contributed by atoms with Crippen molar-refractivity contribution in [1.82, 2.24) is 0 Å². The first-order valence-electron chi connectivity index (χ1n) is 1.21. The summed E-state index contributed by atoms with van der Waals surface area (Å²) in [6.45, 7) is 10.0. The van der Waals surface area contributed by atoms with Gasteiger partial charge < -0.3 is 11.8 Å². The van der Waals surface area contributed by atoms with Crippen LogP contribution in [0.4, 0.5) is 0 Å². The molecule has 0 unspecified atom stereocenters. The van der Waals surface area contributed by atoms with E-state index in [1.165, 1.54) is 0 Å². The zero-order valence-electron chi connectivity index (χ0n) is 3.23. The molecule has 0 amide bonds. The molecule has 1 nitrogen and oxygen atoms in total. The van der Waals surface area contributed by atoms with Gasteiger partial charge in [-0.15, -0.1) is 6.58 Å². The lowest BCUT2D eigenvalue weighted by molar-refractivity contribution is 1.53. The molecule has 5 heavy (non-hydrogen) atoms. The third kappa shape index (κ3) is 8.24. The number of hydrogen-bond donors (Lipinski definition) is 0. The largest absolute Gasteiger partial charge is 0.512 e. The highest BCUT2D eigenvalue weighted by Crippen LogP contribution is 1.38. The maximum atomic E-state index is 6.25. The van der Waals surface area contributed by atoms with Crippen LogP contribution in [0.15, 0.2) is 12.7 Å². The Morgan fingerprint density at radius 1 is 1.80 bits per heavy atom. The van der Waals surface area contributed by atoms with E-state index in [4.69, 9.17) is 11.8 Å². The second-order valence-corrected chi connectivity index (χ2v) is 0.408. The Morgan fingerprint density at radius 3 is 1.80 bits per heavy atom. The van der Waals surface area contributed by atoms with Crippen molar-refractivity contribution in [2.24, 2.45) is 0 Å². The fourth-order valence-corrected chi connectivity index (χ4v) is 0. The third-order valence-corrected chi connectivity index (χ3v) is 0. The molecule has 0 aliphatic rings. The zero-order valence-corrected chi connectivity index (χ0v) is 3.23. The fourth-order valence-electron chi connectivity index (χ4n) is 0. The fraction of sp³-hybridized carbons (Fsp3) is 0.250. The van der Waals surface area contributed by atoms with Gasteiger partial charge in [0, 0.05) is 0 Å². The van der Waals surface area contributed by atoms with Gasteiger partial charge in [-0.3, -0.25) is 0 Å². The lowest BCUT2D eigenvalue weighted by Gasteiger charge is -1.31. The molecule has 0 aromatic rings. The van der Waals surface area contributed by atoms with E-state index in [2.05, 4.69) is 6.58 Å². The van der Waals surface area contributed by atoms with Crippen LogP contribution in [0, 0.1) is 11.8 Å². The molecule has 0 saturated heterocycles. The van der Waals surface area contributed by atoms with Crippen LogP contribution in [-0.4, -0.2) is 0 Å². The molecule has 0 spiro atoms. The summed E-state index contributed by atoms with van der Waals surface area (Å²) >= 11 is 0. The summed E-state index contributed by atoms with van der Waals surface area (Å²) in [5.74, 6) is 0. The van der Waals surface area contributed by atoms with Gasteiger partial charge in [0.2, 0.25) is 0 Å². The molecular formula is C4H6N-. The monoisotopic (exact) mass is 68.1 g/mol. The lowest BCUT2D eigenvalue weighted by atomic mass is 10.8. The summed E-state index contributed by atoms with van der Waals surface area (Å²) in [6.07, 6.45) is 1.75. The van der Waals surface area contributed by atoms with Gasteiger partial charge in [0.15, 0.2) is 0 Å². The van der Waals surface area contributed by atoms with Crippen LogP contribution in [0.1, 0.15) is 6.92 Å². The molecular weight excluding hydrogens is 62.1 g/mol. The van der Waals surface area contributed by atoms with Gasteiger partial charge >= 0.3 is 0 Å². The topological polar surface area (TPSA) is 23.8 Å². The van der Waals surface area contributed by atoms with Crippen molar-refractivity contribution in [1.29, 1.82) is 5.26 Å². The molecule has 0 aliphatic heterocycles. The van der Waals surface area contributed by atoms with E-state index >= 15 is 0 Å². The second kappa shape index (κ2) is 304. The lowest BCUT2D eigenvalue weighted by Crippen LogP contribution is -1.07. The highest BCUT2D eigenvalue weighted by Gasteiger charge is 1.15. The van der Waals surface area contributed by atoms with Gasteiger partial charge in [-0.05, 0) is 6.92 Å². The Balaban J connectivity index is 0. The Labute approximate surface area is 32.5 Å². The second-order valence-electron chi connectivity index (χ2n) is 0.408. The van der Waals surface area contributed by atoms with Gasteiger partial charge in [-0.2, -0.15) is 0 Å². The van der Waals surface area contributed by atoms with Crippen molar-refractivity contribution in [2.75, 3.05) is 0 Å². The van der Waals surface area contributed by atoms with Gasteiger partial charge in [0.25, 0.3) is 0 Å². The standard InChI is InChI=1S/C3H6.CN/c1-3-2;1-2/h3H,1H2,2H3;/q;-1. The molecule has 0 heterocycles. The number of allylic oxidation sites excluding steroid dienone is 1. The molecule has 0 aliphatic carbocycles. The first-order valence-corrected chi connectivity index (χ1v) is 1.21. The zero-order chi connectivity index (χ0) is 4.71. The Kier molecular flexibility index (Phi) is 539. The van der Waals surface area contributed by atoms with Crippen LogP contribution in [0.3, 0.4) is 0 Å². The molecule has 0 aromatic heterocycles. The summed E-state index contributed by atoms with van der Waals surface area (Å²) in [4.78, 5) is 0. The van der Waals surface area contributed by atoms with Crippen molar-refractivity contribution < 1.29 is 0 Å². The van der Waals surface area contributed by atoms with Crippen LogP contribution in [0.5, 0.6) is 0 Å². The van der Waals surface area contributed by atoms with Crippen LogP contribution in [-0.2, 0) is 0 Å². The van der Waals surface area contributed by atoms with Crippen molar-refractivity contribution in [3.8, 4) is 0 Å². The molecule has 0 bridgehead atoms. The van der Waals surface area contributed by atoms with Crippen molar-refractivity contribution in [3.63, 3.8) is 0 Å². The van der Waals surface area contributed by atoms with Crippen molar-refractivity contribution in [2.45, 2.75) is 6.92 Å². The summed E-state index contributed by atoms with van der Waals surface area (Å²) in [7, 11) is 0. The predicted octanol–water partition coefficient (Wildman–Crippen LogP) is 1.29. The average Bonchev–Trinajstić information content (AvgIpc) is 1.46. The van der Waals surface area contributed by atoms with Crippen molar-refractivity contribution in [3.05, 3.63) is 19.2 Å². The SMILES string of the molecule is C=CC.[C-]#N. The third-order valence-electron chi connectivity index (χ3n) is 0. The smallest absolute Gasteiger partial charge is 0.0473 e. The van der Waals surface area contributed by atoms with E-state index in [1.54, 1.807) is 6.08 Å². The van der Waals surface area contributed by atoms with Crippen molar-refractivity contribution >= 4 is 0 Å². The van der Waals surface area contributed by atoms with E-state index < -0.39 is 0 Å². The minimum Gasteiger partial charge on any atom is -0.512 e. The maximum Gasteiger partial charge on any atom is -0.0473 e. The van der Waals surface area contributed by atoms with Gasteiger partial charge in [0.1, 0.15) is 0 Å². The normalized spacial score (nSPS) is 3.00. The first-order chi connectivity index (χ1) is 2.41. The molecule has 0 radical (unpaired) electrons. The van der Waals surface area contributed by atoms with E-state index in [9.17, 15) is 0 Å². The summed E-state index contributed by atoms with van der Waals surface area (Å²) in [5, 5.41) is 6.25. The Bertz CT molecular complexity index is 27.9. The molecule has 0 atom stereocenters. The predicted molar refractivity (Wildman–Crippen MR) is 20.8 cm³/mol. The van der Waals surface area contributed by atoms with E-state index in [0.717, 1.165) is 0 Å². The van der Waals surface area contributed by atoms with E-state index in [0.29, 0.717) is 0 Å². The van der Waals surface area contributed by atoms with Crippen LogP contribution >= 0.6 is 0 Å². The van der Waals surface area contributed by atoms with E-state index in [1.807, 2.05) is 6.92 Å². The highest BCUT2D eigenvalue weighted by atomic mass is 14.2. The molecule has 0 aromatic carbocycles. The number of rotatable bonds is 0. The molecule has 0 rings (SSSR count). The number of hydrogen-bond acceptors (Lipinski definition) is 1. The Hall–Kier alpha value is -0.770. The minimum atomic E-state index is 1.75. The summed E-state index contributed by atoms with van der Waals surface area (Å²) < 4.78 is 0. The molecule has 0 N–H and O–H groups in total. The van der Waals surface area contributed by atoms with Gasteiger partial charge in [-0.1, -0.05) is 6.08 Å². The van der Waals surface area contributed by atoms with Crippen LogP contribution in [0.2, 0.25) is 0 Å². The maximum absolute atomic E-state index is 6.25. The quantitative estimate of drug-likeness (QED) is 0.310. The minimum absolute atomic E-state index is 1.75. The summed E-state index contributed by atoms with van der Waals surface area (Å²) in [6, 6.07) is 0. The summed E-state index contributed by atoms with van der Waals surface area (Å²) in [5.41, 5.74) is 0. The average molecular weight is 68.1 g/mol. The van der Waals surface area contributed by atoms with Crippen LogP contribution in [0.25, 0.3) is 0 Å².